The Labute approximate surface area is 170 Å². The van der Waals surface area contributed by atoms with Gasteiger partial charge in [0.2, 0.25) is 9.84 Å². The summed E-state index contributed by atoms with van der Waals surface area (Å²) in [4.78, 5) is 13.3. The van der Waals surface area contributed by atoms with E-state index in [0.29, 0.717) is 4.53 Å². The average molecular weight is 429 g/mol. The molecule has 3 rings (SSSR count). The van der Waals surface area contributed by atoms with Crippen LogP contribution in [0.15, 0.2) is 64.1 Å². The first-order valence-corrected chi connectivity index (χ1v) is 11.4. The molecule has 0 aliphatic carbocycles. The van der Waals surface area contributed by atoms with Crippen LogP contribution in [0.2, 0.25) is 0 Å². The number of nitriles is 1. The quantitative estimate of drug-likeness (QED) is 0.585. The highest BCUT2D eigenvalue weighted by Gasteiger charge is 2.24. The summed E-state index contributed by atoms with van der Waals surface area (Å²) in [6.07, 6.45) is 3.20. The van der Waals surface area contributed by atoms with Crippen molar-refractivity contribution in [3.63, 3.8) is 0 Å². The van der Waals surface area contributed by atoms with Gasteiger partial charge in [-0.05, 0) is 36.6 Å². The van der Waals surface area contributed by atoms with E-state index in [2.05, 4.69) is 6.58 Å². The molecule has 0 fully saturated rings. The third-order valence-corrected chi connectivity index (χ3v) is 7.73. The van der Waals surface area contributed by atoms with Gasteiger partial charge in [0.05, 0.1) is 9.43 Å². The van der Waals surface area contributed by atoms with Gasteiger partial charge in [0.15, 0.2) is 4.91 Å². The lowest BCUT2D eigenvalue weighted by atomic mass is 10.2. The molecule has 142 valence electrons. The lowest BCUT2D eigenvalue weighted by Gasteiger charge is -2.04. The van der Waals surface area contributed by atoms with Crippen molar-refractivity contribution < 1.29 is 8.42 Å². The molecule has 0 aliphatic rings. The maximum atomic E-state index is 13.1. The Hall–Kier alpha value is -2.73. The van der Waals surface area contributed by atoms with Gasteiger partial charge in [-0.3, -0.25) is 9.36 Å². The molecule has 1 aromatic carbocycles. The van der Waals surface area contributed by atoms with Crippen LogP contribution < -0.4 is 14.8 Å². The number of hydrogen-bond acceptors (Lipinski definition) is 6. The van der Waals surface area contributed by atoms with E-state index < -0.39 is 14.7 Å². The predicted molar refractivity (Wildman–Crippen MR) is 113 cm³/mol. The molecule has 0 saturated heterocycles. The number of aryl methyl sites for hydroxylation is 1. The second-order valence-electron chi connectivity index (χ2n) is 5.89. The van der Waals surface area contributed by atoms with Gasteiger partial charge in [-0.15, -0.1) is 29.3 Å². The average Bonchev–Trinajstić information content (AvgIpc) is 3.27. The monoisotopic (exact) mass is 428 g/mol. The summed E-state index contributed by atoms with van der Waals surface area (Å²) in [5, 5.41) is 11.6. The van der Waals surface area contributed by atoms with Crippen molar-refractivity contribution in [1.82, 2.24) is 4.57 Å². The minimum atomic E-state index is -4.07. The lowest BCUT2D eigenvalue weighted by molar-refractivity contribution is 0.605. The highest BCUT2D eigenvalue weighted by Crippen LogP contribution is 2.19. The Bertz CT molecular complexity index is 1340. The fraction of sp³-hybridized carbons (Fsp3) is 0.100. The smallest absolute Gasteiger partial charge is 0.269 e. The molecule has 0 bridgehead atoms. The van der Waals surface area contributed by atoms with Crippen LogP contribution in [0.4, 0.5) is 0 Å². The molecule has 5 nitrogen and oxygen atoms in total. The van der Waals surface area contributed by atoms with Crippen molar-refractivity contribution in [2.24, 2.45) is 0 Å². The van der Waals surface area contributed by atoms with Gasteiger partial charge in [-0.25, -0.2) is 8.42 Å². The van der Waals surface area contributed by atoms with E-state index in [9.17, 15) is 18.5 Å². The van der Waals surface area contributed by atoms with Crippen molar-refractivity contribution in [1.29, 1.82) is 5.26 Å². The Morgan fingerprint density at radius 1 is 1.29 bits per heavy atom. The Kier molecular flexibility index (Phi) is 5.79. The van der Waals surface area contributed by atoms with Gasteiger partial charge < -0.3 is 0 Å². The highest BCUT2D eigenvalue weighted by atomic mass is 32.2. The maximum absolute atomic E-state index is 13.1. The number of rotatable bonds is 5. The van der Waals surface area contributed by atoms with E-state index in [1.54, 1.807) is 24.3 Å². The molecule has 0 radical (unpaired) electrons. The Morgan fingerprint density at radius 3 is 2.57 bits per heavy atom. The fourth-order valence-corrected chi connectivity index (χ4v) is 5.92. The molecule has 8 heteroatoms. The number of allylic oxidation sites excluding steroid dienone is 1. The van der Waals surface area contributed by atoms with Crippen LogP contribution >= 0.6 is 22.7 Å². The van der Waals surface area contributed by atoms with E-state index in [0.717, 1.165) is 21.8 Å². The zero-order chi connectivity index (χ0) is 20.3. The number of thiophene rings is 1. The second-order valence-corrected chi connectivity index (χ2v) is 9.79. The molecule has 2 aromatic heterocycles. The van der Waals surface area contributed by atoms with Crippen LogP contribution in [-0.2, 0) is 16.4 Å². The van der Waals surface area contributed by atoms with Crippen LogP contribution in [0, 0.1) is 18.3 Å². The first-order valence-electron chi connectivity index (χ1n) is 8.20. The summed E-state index contributed by atoms with van der Waals surface area (Å²) in [7, 11) is -4.07. The van der Waals surface area contributed by atoms with E-state index >= 15 is 0 Å². The van der Waals surface area contributed by atoms with Gasteiger partial charge in [0, 0.05) is 11.4 Å². The molecule has 3 aromatic rings. The number of benzene rings is 1. The normalized spacial score (nSPS) is 13.2. The zero-order valence-electron chi connectivity index (χ0n) is 15.0. The summed E-state index contributed by atoms with van der Waals surface area (Å²) in [5.41, 5.74) is 0.560. The number of hydrogen-bond donors (Lipinski definition) is 0. The molecule has 0 unspecified atom stereocenters. The van der Waals surface area contributed by atoms with E-state index in [4.69, 9.17) is 0 Å². The third-order valence-electron chi connectivity index (χ3n) is 3.93. The topological polar surface area (TPSA) is 79.9 Å². The molecular formula is C20H16N2O3S3. The van der Waals surface area contributed by atoms with Gasteiger partial charge >= 0.3 is 0 Å². The van der Waals surface area contributed by atoms with Gasteiger partial charge in [-0.2, -0.15) is 5.26 Å². The number of aromatic nitrogens is 1. The molecule has 0 N–H and O–H groups in total. The summed E-state index contributed by atoms with van der Waals surface area (Å²) in [6, 6.07) is 11.8. The molecule has 0 spiro atoms. The summed E-state index contributed by atoms with van der Waals surface area (Å²) in [6.45, 7) is 5.59. The van der Waals surface area contributed by atoms with E-state index in [1.165, 1.54) is 34.1 Å². The van der Waals surface area contributed by atoms with Crippen LogP contribution in [-0.4, -0.2) is 13.0 Å². The van der Waals surface area contributed by atoms with Crippen LogP contribution in [0.1, 0.15) is 10.4 Å². The fourth-order valence-electron chi connectivity index (χ4n) is 2.54. The van der Waals surface area contributed by atoms with Gasteiger partial charge in [0.1, 0.15) is 10.7 Å². The Morgan fingerprint density at radius 2 is 2.00 bits per heavy atom. The van der Waals surface area contributed by atoms with Crippen LogP contribution in [0.5, 0.6) is 0 Å². The second kappa shape index (κ2) is 8.10. The van der Waals surface area contributed by atoms with Gasteiger partial charge in [-0.1, -0.05) is 29.8 Å². The number of thiazole rings is 1. The van der Waals surface area contributed by atoms with Crippen molar-refractivity contribution in [3.05, 3.63) is 84.4 Å². The largest absolute Gasteiger partial charge is 0.293 e. The Balaban J connectivity index is 2.37. The molecule has 0 aliphatic heterocycles. The van der Waals surface area contributed by atoms with Crippen LogP contribution in [0.3, 0.4) is 0 Å². The predicted octanol–water partition coefficient (Wildman–Crippen LogP) is 2.40. The standard InChI is InChI=1S/C20H16N2O3S3/c1-3-10-22-19(23)17(12-15-5-4-11-26-15)27-20(22)18(13-21)28(24,25)16-8-6-14(2)7-9-16/h3-9,11-12H,1,10H2,2H3. The van der Waals surface area contributed by atoms with Gasteiger partial charge in [0.25, 0.3) is 5.56 Å². The first-order chi connectivity index (χ1) is 13.4. The minimum absolute atomic E-state index is 0.0180. The summed E-state index contributed by atoms with van der Waals surface area (Å²) in [5.74, 6) is 0. The third kappa shape index (κ3) is 3.78. The van der Waals surface area contributed by atoms with Crippen LogP contribution in [0.25, 0.3) is 11.0 Å². The molecule has 0 atom stereocenters. The van der Waals surface area contributed by atoms with Crippen molar-refractivity contribution in [2.75, 3.05) is 0 Å². The SMILES string of the molecule is C=CCn1c(=C(C#N)S(=O)(=O)c2ccc(C)cc2)sc(=Cc2cccs2)c1=O. The molecule has 0 amide bonds. The van der Waals surface area contributed by atoms with E-state index in [1.807, 2.05) is 24.4 Å². The molecule has 0 saturated carbocycles. The molecule has 2 heterocycles. The first kappa shape index (κ1) is 20.0. The van der Waals surface area contributed by atoms with Crippen molar-refractivity contribution in [2.45, 2.75) is 18.4 Å². The van der Waals surface area contributed by atoms with Crippen molar-refractivity contribution >= 4 is 43.5 Å². The maximum Gasteiger partial charge on any atom is 0.269 e. The lowest BCUT2D eigenvalue weighted by Crippen LogP contribution is -2.32. The molecular weight excluding hydrogens is 412 g/mol. The zero-order valence-corrected chi connectivity index (χ0v) is 17.4. The number of sulfone groups is 1. The highest BCUT2D eigenvalue weighted by molar-refractivity contribution is 8.00. The number of nitrogens with zero attached hydrogens (tertiary/aromatic N) is 2. The summed E-state index contributed by atoms with van der Waals surface area (Å²) < 4.78 is 27.9. The van der Waals surface area contributed by atoms with Crippen molar-refractivity contribution in [3.8, 4) is 6.07 Å². The van der Waals surface area contributed by atoms with E-state index in [-0.39, 0.29) is 21.7 Å². The molecule has 28 heavy (non-hydrogen) atoms. The minimum Gasteiger partial charge on any atom is -0.293 e. The summed E-state index contributed by atoms with van der Waals surface area (Å²) >= 11 is 2.46.